The minimum atomic E-state index is -1.06. The molecule has 1 heterocycles. The fourth-order valence-electron chi connectivity index (χ4n) is 2.58. The molecule has 2 aromatic rings. The SMILES string of the molecule is CCOC(=O)C(F)=C1c2ccc(Br)cc2COc2cc(F)ccc21. The van der Waals surface area contributed by atoms with Gasteiger partial charge in [-0.25, -0.2) is 9.18 Å². The second-order valence-corrected chi connectivity index (χ2v) is 6.06. The summed E-state index contributed by atoms with van der Waals surface area (Å²) >= 11 is 3.36. The van der Waals surface area contributed by atoms with Gasteiger partial charge in [-0.1, -0.05) is 22.0 Å². The summed E-state index contributed by atoms with van der Waals surface area (Å²) in [5.74, 6) is -2.41. The molecule has 0 unspecified atom stereocenters. The first-order chi connectivity index (χ1) is 11.5. The molecule has 0 fully saturated rings. The molecule has 6 heteroatoms. The van der Waals surface area contributed by atoms with Crippen LogP contribution in [0, 0.1) is 5.82 Å². The Labute approximate surface area is 146 Å². The predicted octanol–water partition coefficient (Wildman–Crippen LogP) is 4.77. The molecule has 0 radical (unpaired) electrons. The van der Waals surface area contributed by atoms with Crippen LogP contribution in [0.4, 0.5) is 8.78 Å². The van der Waals surface area contributed by atoms with Crippen LogP contribution in [0.3, 0.4) is 0 Å². The van der Waals surface area contributed by atoms with Gasteiger partial charge in [0.25, 0.3) is 0 Å². The van der Waals surface area contributed by atoms with Crippen molar-refractivity contribution >= 4 is 27.5 Å². The highest BCUT2D eigenvalue weighted by Crippen LogP contribution is 2.40. The number of carbonyl (C=O) groups is 1. The number of carbonyl (C=O) groups excluding carboxylic acids is 1. The molecule has 1 aliphatic heterocycles. The van der Waals surface area contributed by atoms with Crippen LogP contribution in [0.15, 0.2) is 46.7 Å². The molecule has 2 aromatic carbocycles. The standard InChI is InChI=1S/C18H13BrF2O3/c1-2-23-18(22)17(21)16-13-5-3-11(19)7-10(13)9-24-15-8-12(20)4-6-14(15)16/h3-8H,2,9H2,1H3. The van der Waals surface area contributed by atoms with Crippen LogP contribution in [0.1, 0.15) is 23.6 Å². The second-order valence-electron chi connectivity index (χ2n) is 5.14. The molecule has 0 bridgehead atoms. The smallest absolute Gasteiger partial charge is 0.367 e. The number of benzene rings is 2. The molecule has 0 saturated heterocycles. The molecule has 0 saturated carbocycles. The first-order valence-corrected chi connectivity index (χ1v) is 8.09. The highest BCUT2D eigenvalue weighted by Gasteiger charge is 2.27. The lowest BCUT2D eigenvalue weighted by Gasteiger charge is -2.12. The van der Waals surface area contributed by atoms with Gasteiger partial charge in [-0.15, -0.1) is 0 Å². The second kappa shape index (κ2) is 6.73. The Morgan fingerprint density at radius 1 is 1.25 bits per heavy atom. The van der Waals surface area contributed by atoms with Crippen LogP contribution >= 0.6 is 15.9 Å². The zero-order chi connectivity index (χ0) is 17.3. The summed E-state index contributed by atoms with van der Waals surface area (Å²) in [6.07, 6.45) is 0. The van der Waals surface area contributed by atoms with E-state index in [0.717, 1.165) is 4.47 Å². The van der Waals surface area contributed by atoms with Crippen molar-refractivity contribution in [3.05, 3.63) is 69.2 Å². The van der Waals surface area contributed by atoms with E-state index in [0.29, 0.717) is 16.7 Å². The van der Waals surface area contributed by atoms with Crippen LogP contribution in [-0.4, -0.2) is 12.6 Å². The minimum absolute atomic E-state index is 0.0449. The molecule has 3 rings (SSSR count). The monoisotopic (exact) mass is 394 g/mol. The third kappa shape index (κ3) is 3.06. The molecule has 3 nitrogen and oxygen atoms in total. The summed E-state index contributed by atoms with van der Waals surface area (Å²) in [6.45, 7) is 1.78. The summed E-state index contributed by atoms with van der Waals surface area (Å²) in [5.41, 5.74) is 1.54. The quantitative estimate of drug-likeness (QED) is 0.543. The first-order valence-electron chi connectivity index (χ1n) is 7.29. The highest BCUT2D eigenvalue weighted by atomic mass is 79.9. The maximum absolute atomic E-state index is 14.9. The fourth-order valence-corrected chi connectivity index (χ4v) is 2.99. The minimum Gasteiger partial charge on any atom is -0.488 e. The average Bonchev–Trinajstić information content (AvgIpc) is 2.70. The summed E-state index contributed by atoms with van der Waals surface area (Å²) in [7, 11) is 0. The van der Waals surface area contributed by atoms with Crippen LogP contribution in [0.5, 0.6) is 5.75 Å². The van der Waals surface area contributed by atoms with Crippen molar-refractivity contribution in [1.82, 2.24) is 0 Å². The van der Waals surface area contributed by atoms with E-state index in [-0.39, 0.29) is 24.5 Å². The third-order valence-corrected chi connectivity index (χ3v) is 4.10. The van der Waals surface area contributed by atoms with Crippen LogP contribution in [0.2, 0.25) is 0 Å². The topological polar surface area (TPSA) is 35.5 Å². The lowest BCUT2D eigenvalue weighted by atomic mass is 9.93. The van der Waals surface area contributed by atoms with Crippen molar-refractivity contribution in [2.24, 2.45) is 0 Å². The molecule has 0 spiro atoms. The van der Waals surface area contributed by atoms with Crippen molar-refractivity contribution in [2.45, 2.75) is 13.5 Å². The zero-order valence-corrected chi connectivity index (χ0v) is 14.3. The van der Waals surface area contributed by atoms with Crippen molar-refractivity contribution in [1.29, 1.82) is 0 Å². The van der Waals surface area contributed by atoms with Gasteiger partial charge in [0.15, 0.2) is 0 Å². The molecular weight excluding hydrogens is 382 g/mol. The van der Waals surface area contributed by atoms with Gasteiger partial charge in [-0.05, 0) is 42.3 Å². The number of ether oxygens (including phenoxy) is 2. The predicted molar refractivity (Wildman–Crippen MR) is 88.6 cm³/mol. The zero-order valence-electron chi connectivity index (χ0n) is 12.7. The van der Waals surface area contributed by atoms with Gasteiger partial charge < -0.3 is 9.47 Å². The Morgan fingerprint density at radius 2 is 2.00 bits per heavy atom. The Balaban J connectivity index is 2.29. The Kier molecular flexibility index (Phi) is 4.66. The van der Waals surface area contributed by atoms with Crippen molar-refractivity contribution in [2.75, 3.05) is 6.61 Å². The number of halogens is 3. The number of fused-ring (bicyclic) bond motifs is 2. The van der Waals surface area contributed by atoms with Gasteiger partial charge in [0.1, 0.15) is 18.2 Å². The van der Waals surface area contributed by atoms with Crippen molar-refractivity contribution in [3.63, 3.8) is 0 Å². The molecule has 0 N–H and O–H groups in total. The summed E-state index contributed by atoms with van der Waals surface area (Å²) in [5, 5.41) is 0. The summed E-state index contributed by atoms with van der Waals surface area (Å²) in [6, 6.07) is 8.98. The first kappa shape index (κ1) is 16.6. The van der Waals surface area contributed by atoms with Crippen molar-refractivity contribution < 1.29 is 23.0 Å². The molecule has 0 atom stereocenters. The molecule has 0 aromatic heterocycles. The molecule has 0 aliphatic carbocycles. The number of rotatable bonds is 2. The van der Waals surface area contributed by atoms with E-state index >= 15 is 0 Å². The summed E-state index contributed by atoms with van der Waals surface area (Å²) < 4.78 is 39.6. The Hall–Kier alpha value is -2.21. The van der Waals surface area contributed by atoms with Gasteiger partial charge in [-0.3, -0.25) is 0 Å². The maximum atomic E-state index is 14.9. The molecule has 0 amide bonds. The third-order valence-electron chi connectivity index (χ3n) is 3.61. The fraction of sp³-hybridized carbons (Fsp3) is 0.167. The van der Waals surface area contributed by atoms with Crippen molar-refractivity contribution in [3.8, 4) is 5.75 Å². The van der Waals surface area contributed by atoms with Gasteiger partial charge >= 0.3 is 5.97 Å². The Bertz CT molecular complexity index is 791. The van der Waals surface area contributed by atoms with E-state index < -0.39 is 17.6 Å². The lowest BCUT2D eigenvalue weighted by Crippen LogP contribution is -2.08. The van der Waals surface area contributed by atoms with Crippen LogP contribution < -0.4 is 4.74 Å². The average molecular weight is 395 g/mol. The van der Waals surface area contributed by atoms with Gasteiger partial charge in [0, 0.05) is 21.7 Å². The summed E-state index contributed by atoms with van der Waals surface area (Å²) in [4.78, 5) is 11.9. The van der Waals surface area contributed by atoms with Crippen LogP contribution in [-0.2, 0) is 16.1 Å². The van der Waals surface area contributed by atoms with Gasteiger partial charge in [0.2, 0.25) is 5.83 Å². The van der Waals surface area contributed by atoms with E-state index in [9.17, 15) is 13.6 Å². The number of hydrogen-bond donors (Lipinski definition) is 0. The normalized spacial score (nSPS) is 14.8. The highest BCUT2D eigenvalue weighted by molar-refractivity contribution is 9.10. The van der Waals surface area contributed by atoms with E-state index in [1.54, 1.807) is 25.1 Å². The van der Waals surface area contributed by atoms with E-state index in [4.69, 9.17) is 9.47 Å². The van der Waals surface area contributed by atoms with Gasteiger partial charge in [-0.2, -0.15) is 4.39 Å². The lowest BCUT2D eigenvalue weighted by molar-refractivity contribution is -0.140. The maximum Gasteiger partial charge on any atom is 0.367 e. The molecule has 24 heavy (non-hydrogen) atoms. The van der Waals surface area contributed by atoms with Crippen LogP contribution in [0.25, 0.3) is 5.57 Å². The number of esters is 1. The van der Waals surface area contributed by atoms with E-state index in [1.807, 2.05) is 0 Å². The number of hydrogen-bond acceptors (Lipinski definition) is 3. The van der Waals surface area contributed by atoms with Gasteiger partial charge in [0.05, 0.1) is 6.61 Å². The molecule has 124 valence electrons. The van der Waals surface area contributed by atoms with E-state index in [1.165, 1.54) is 18.2 Å². The Morgan fingerprint density at radius 3 is 2.75 bits per heavy atom. The largest absolute Gasteiger partial charge is 0.488 e. The molecular formula is C18H13BrF2O3. The van der Waals surface area contributed by atoms with E-state index in [2.05, 4.69) is 15.9 Å². The molecule has 1 aliphatic rings.